The van der Waals surface area contributed by atoms with E-state index in [1.165, 1.54) is 38.6 Å². The fourth-order valence-corrected chi connectivity index (χ4v) is 3.44. The average molecular weight is 408 g/mol. The lowest BCUT2D eigenvalue weighted by molar-refractivity contribution is 0.118. The number of hydrogen-bond acceptors (Lipinski definition) is 2. The maximum atomic E-state index is 6.16. The van der Waals surface area contributed by atoms with Crippen LogP contribution in [0.4, 0.5) is 0 Å². The molecule has 0 amide bonds. The summed E-state index contributed by atoms with van der Waals surface area (Å²) in [4.78, 5) is 9.51. The van der Waals surface area contributed by atoms with Crippen LogP contribution >= 0.6 is 24.0 Å². The van der Waals surface area contributed by atoms with E-state index in [-0.39, 0.29) is 24.0 Å². The van der Waals surface area contributed by atoms with Crippen molar-refractivity contribution in [3.8, 4) is 0 Å². The first kappa shape index (κ1) is 19.0. The second-order valence-electron chi connectivity index (χ2n) is 6.80. The van der Waals surface area contributed by atoms with E-state index in [1.807, 2.05) is 0 Å². The number of nitrogens with two attached hydrogens (primary N) is 1. The lowest BCUT2D eigenvalue weighted by Gasteiger charge is -2.37. The zero-order valence-electron chi connectivity index (χ0n) is 13.9. The van der Waals surface area contributed by atoms with Gasteiger partial charge in [0, 0.05) is 25.2 Å². The first-order chi connectivity index (χ1) is 9.58. The van der Waals surface area contributed by atoms with Crippen LogP contribution in [0.25, 0.3) is 0 Å². The van der Waals surface area contributed by atoms with Gasteiger partial charge in [0.25, 0.3) is 0 Å². The zero-order valence-corrected chi connectivity index (χ0v) is 16.3. The molecule has 0 saturated carbocycles. The third-order valence-corrected chi connectivity index (χ3v) is 5.05. The van der Waals surface area contributed by atoms with Crippen LogP contribution in [0.15, 0.2) is 4.99 Å². The molecule has 2 aliphatic rings. The van der Waals surface area contributed by atoms with Gasteiger partial charge in [0.05, 0.1) is 6.54 Å². The molecule has 21 heavy (non-hydrogen) atoms. The smallest absolute Gasteiger partial charge is 0.191 e. The lowest BCUT2D eigenvalue weighted by Crippen LogP contribution is -2.46. The number of guanidine groups is 1. The van der Waals surface area contributed by atoms with Crippen LogP contribution in [0.3, 0.4) is 0 Å². The van der Waals surface area contributed by atoms with Crippen LogP contribution in [0.1, 0.15) is 52.9 Å². The standard InChI is InChI=1S/C16H32N4.HI/c1-13-7-10-19(11-8-13)16(17)18-12-15(3)20-9-5-4-6-14(20)2;/h13-15H,4-12H2,1-3H3,(H2,17,18);1H. The summed E-state index contributed by atoms with van der Waals surface area (Å²) in [7, 11) is 0. The Labute approximate surface area is 147 Å². The van der Waals surface area contributed by atoms with Gasteiger partial charge in [-0.15, -0.1) is 24.0 Å². The van der Waals surface area contributed by atoms with Gasteiger partial charge in [-0.05, 0) is 52.0 Å². The minimum absolute atomic E-state index is 0. The highest BCUT2D eigenvalue weighted by atomic mass is 127. The van der Waals surface area contributed by atoms with E-state index >= 15 is 0 Å². The molecule has 2 fully saturated rings. The third-order valence-electron chi connectivity index (χ3n) is 5.05. The van der Waals surface area contributed by atoms with E-state index in [4.69, 9.17) is 5.73 Å². The molecule has 2 heterocycles. The van der Waals surface area contributed by atoms with Crippen molar-refractivity contribution >= 4 is 29.9 Å². The van der Waals surface area contributed by atoms with Gasteiger partial charge in [-0.2, -0.15) is 0 Å². The van der Waals surface area contributed by atoms with Gasteiger partial charge in [0.1, 0.15) is 0 Å². The van der Waals surface area contributed by atoms with Crippen LogP contribution in [0, 0.1) is 5.92 Å². The van der Waals surface area contributed by atoms with E-state index < -0.39 is 0 Å². The second-order valence-corrected chi connectivity index (χ2v) is 6.80. The molecule has 4 nitrogen and oxygen atoms in total. The van der Waals surface area contributed by atoms with E-state index in [1.54, 1.807) is 0 Å². The van der Waals surface area contributed by atoms with Crippen LogP contribution in [0.2, 0.25) is 0 Å². The van der Waals surface area contributed by atoms with Gasteiger partial charge >= 0.3 is 0 Å². The van der Waals surface area contributed by atoms with Gasteiger partial charge in [0.2, 0.25) is 0 Å². The summed E-state index contributed by atoms with van der Waals surface area (Å²) >= 11 is 0. The number of likely N-dealkylation sites (tertiary alicyclic amines) is 2. The Morgan fingerprint density at radius 3 is 2.43 bits per heavy atom. The van der Waals surface area contributed by atoms with Crippen LogP contribution in [-0.2, 0) is 0 Å². The number of hydrogen-bond donors (Lipinski definition) is 1. The van der Waals surface area contributed by atoms with Crippen LogP contribution < -0.4 is 5.73 Å². The van der Waals surface area contributed by atoms with Crippen LogP contribution in [-0.4, -0.2) is 54.0 Å². The molecule has 0 aromatic rings. The molecule has 0 aromatic carbocycles. The van der Waals surface area contributed by atoms with Crippen molar-refractivity contribution in [1.82, 2.24) is 9.80 Å². The van der Waals surface area contributed by atoms with Gasteiger partial charge in [0.15, 0.2) is 5.96 Å². The maximum absolute atomic E-state index is 6.16. The minimum atomic E-state index is 0. The Hall–Kier alpha value is -0.0400. The number of rotatable bonds is 3. The van der Waals surface area contributed by atoms with Gasteiger partial charge in [-0.1, -0.05) is 13.3 Å². The highest BCUT2D eigenvalue weighted by Crippen LogP contribution is 2.19. The maximum Gasteiger partial charge on any atom is 0.191 e. The Morgan fingerprint density at radius 1 is 1.14 bits per heavy atom. The fourth-order valence-electron chi connectivity index (χ4n) is 3.44. The van der Waals surface area contributed by atoms with Gasteiger partial charge in [-0.25, -0.2) is 0 Å². The summed E-state index contributed by atoms with van der Waals surface area (Å²) < 4.78 is 0. The highest BCUT2D eigenvalue weighted by Gasteiger charge is 2.23. The average Bonchev–Trinajstić information content (AvgIpc) is 2.45. The number of halogens is 1. The quantitative estimate of drug-likeness (QED) is 0.444. The Morgan fingerprint density at radius 2 is 1.81 bits per heavy atom. The predicted octanol–water partition coefficient (Wildman–Crippen LogP) is 2.91. The molecule has 2 N–H and O–H groups in total. The third kappa shape index (κ3) is 5.58. The molecule has 5 heteroatoms. The summed E-state index contributed by atoms with van der Waals surface area (Å²) in [5.74, 6) is 1.60. The molecular weight excluding hydrogens is 375 g/mol. The van der Waals surface area contributed by atoms with Crippen molar-refractivity contribution < 1.29 is 0 Å². The monoisotopic (exact) mass is 408 g/mol. The molecule has 2 atom stereocenters. The Bertz CT molecular complexity index is 326. The summed E-state index contributed by atoms with van der Waals surface area (Å²) in [6.45, 7) is 11.2. The Balaban J connectivity index is 0.00000220. The lowest BCUT2D eigenvalue weighted by atomic mass is 10.00. The first-order valence-corrected chi connectivity index (χ1v) is 8.38. The summed E-state index contributed by atoms with van der Waals surface area (Å²) in [6.07, 6.45) is 6.52. The molecule has 2 saturated heterocycles. The van der Waals surface area contributed by atoms with Crippen molar-refractivity contribution in [3.63, 3.8) is 0 Å². The highest BCUT2D eigenvalue weighted by molar-refractivity contribution is 14.0. The molecule has 2 unspecified atom stereocenters. The number of nitrogens with zero attached hydrogens (tertiary/aromatic N) is 3. The van der Waals surface area contributed by atoms with Crippen molar-refractivity contribution in [3.05, 3.63) is 0 Å². The molecule has 0 aromatic heterocycles. The van der Waals surface area contributed by atoms with E-state index in [0.29, 0.717) is 12.1 Å². The van der Waals surface area contributed by atoms with E-state index in [9.17, 15) is 0 Å². The number of piperidine rings is 2. The molecular formula is C16H33IN4. The fraction of sp³-hybridized carbons (Fsp3) is 0.938. The van der Waals surface area contributed by atoms with Crippen molar-refractivity contribution in [2.45, 2.75) is 65.0 Å². The summed E-state index contributed by atoms with van der Waals surface area (Å²) in [5, 5.41) is 0. The van der Waals surface area contributed by atoms with Crippen molar-refractivity contribution in [2.24, 2.45) is 16.6 Å². The minimum Gasteiger partial charge on any atom is -0.370 e. The summed E-state index contributed by atoms with van der Waals surface area (Å²) in [6, 6.07) is 1.21. The topological polar surface area (TPSA) is 44.9 Å². The van der Waals surface area contributed by atoms with Gasteiger partial charge in [-0.3, -0.25) is 9.89 Å². The molecule has 2 rings (SSSR count). The molecule has 0 radical (unpaired) electrons. The summed E-state index contributed by atoms with van der Waals surface area (Å²) in [5.41, 5.74) is 6.16. The predicted molar refractivity (Wildman–Crippen MR) is 101 cm³/mol. The van der Waals surface area contributed by atoms with Gasteiger partial charge < -0.3 is 10.6 Å². The molecule has 0 spiro atoms. The van der Waals surface area contributed by atoms with E-state index in [0.717, 1.165) is 31.5 Å². The molecule has 2 aliphatic heterocycles. The largest absolute Gasteiger partial charge is 0.370 e. The normalized spacial score (nSPS) is 27.3. The van der Waals surface area contributed by atoms with Crippen molar-refractivity contribution in [2.75, 3.05) is 26.2 Å². The first-order valence-electron chi connectivity index (χ1n) is 8.38. The molecule has 0 aliphatic carbocycles. The van der Waals surface area contributed by atoms with Crippen molar-refractivity contribution in [1.29, 1.82) is 0 Å². The molecule has 0 bridgehead atoms. The Kier molecular flexibility index (Phi) is 8.31. The second kappa shape index (κ2) is 9.18. The van der Waals surface area contributed by atoms with E-state index in [2.05, 4.69) is 35.6 Å². The SMILES string of the molecule is CC1CCN(C(N)=NCC(C)N2CCCCC2C)CC1.I. The zero-order chi connectivity index (χ0) is 14.5. The van der Waals surface area contributed by atoms with Crippen LogP contribution in [0.5, 0.6) is 0 Å². The number of aliphatic imine (C=N–C) groups is 1. The molecule has 124 valence electrons.